The average Bonchev–Trinajstić information content (AvgIpc) is 2.76. The number of benzene rings is 2. The molecule has 0 aliphatic rings. The Balaban J connectivity index is 2.14. The number of aromatic amines is 1. The summed E-state index contributed by atoms with van der Waals surface area (Å²) in [7, 11) is 1.67. The van der Waals surface area contributed by atoms with Crippen LogP contribution in [0.3, 0.4) is 0 Å². The van der Waals surface area contributed by atoms with Gasteiger partial charge in [-0.15, -0.1) is 0 Å². The van der Waals surface area contributed by atoms with E-state index in [2.05, 4.69) is 22.1 Å². The lowest BCUT2D eigenvalue weighted by molar-refractivity contribution is 0.415. The van der Waals surface area contributed by atoms with Gasteiger partial charge in [-0.3, -0.25) is 0 Å². The van der Waals surface area contributed by atoms with Crippen molar-refractivity contribution in [3.8, 4) is 17.0 Å². The molecule has 4 heteroatoms. The van der Waals surface area contributed by atoms with Crippen LogP contribution in [0.1, 0.15) is 5.69 Å². The Morgan fingerprint density at radius 2 is 1.84 bits per heavy atom. The highest BCUT2D eigenvalue weighted by molar-refractivity contribution is 5.88. The summed E-state index contributed by atoms with van der Waals surface area (Å²) in [5.74, 6) is 1.31. The van der Waals surface area contributed by atoms with E-state index in [0.717, 1.165) is 33.5 Å². The number of rotatable bonds is 2. The van der Waals surface area contributed by atoms with Gasteiger partial charge in [0.05, 0.1) is 12.8 Å². The van der Waals surface area contributed by atoms with Crippen LogP contribution >= 0.6 is 0 Å². The monoisotopic (exact) mass is 253 g/mol. The lowest BCUT2D eigenvalue weighted by atomic mass is 10.0. The van der Waals surface area contributed by atoms with Crippen LogP contribution in [-0.2, 0) is 0 Å². The molecule has 3 aromatic rings. The molecular weight excluding hydrogens is 238 g/mol. The van der Waals surface area contributed by atoms with Crippen molar-refractivity contribution in [1.29, 1.82) is 0 Å². The van der Waals surface area contributed by atoms with Gasteiger partial charge in [0.1, 0.15) is 5.75 Å². The number of nitrogen functional groups attached to an aromatic ring is 1. The van der Waals surface area contributed by atoms with Crippen LogP contribution in [0, 0.1) is 6.92 Å². The fourth-order valence-corrected chi connectivity index (χ4v) is 2.26. The normalized spacial score (nSPS) is 10.8. The summed E-state index contributed by atoms with van der Waals surface area (Å²) in [5.41, 5.74) is 8.62. The zero-order chi connectivity index (χ0) is 13.4. The second-order valence-corrected chi connectivity index (χ2v) is 4.52. The molecule has 0 saturated heterocycles. The molecule has 96 valence electrons. The van der Waals surface area contributed by atoms with Crippen LogP contribution in [0.4, 0.5) is 5.95 Å². The Kier molecular flexibility index (Phi) is 2.63. The third kappa shape index (κ3) is 2.01. The first-order chi connectivity index (χ1) is 9.17. The van der Waals surface area contributed by atoms with E-state index >= 15 is 0 Å². The third-order valence-electron chi connectivity index (χ3n) is 3.22. The van der Waals surface area contributed by atoms with Crippen LogP contribution < -0.4 is 10.5 Å². The molecule has 0 amide bonds. The largest absolute Gasteiger partial charge is 0.497 e. The molecule has 0 spiro atoms. The van der Waals surface area contributed by atoms with Crippen molar-refractivity contribution in [3.63, 3.8) is 0 Å². The average molecular weight is 253 g/mol. The molecular formula is C15H15N3O. The summed E-state index contributed by atoms with van der Waals surface area (Å²) in [4.78, 5) is 7.34. The van der Waals surface area contributed by atoms with Crippen molar-refractivity contribution in [3.05, 3.63) is 42.1 Å². The quantitative estimate of drug-likeness (QED) is 0.737. The number of anilines is 1. The molecule has 0 saturated carbocycles. The minimum absolute atomic E-state index is 0.447. The fraction of sp³-hybridized carbons (Fsp3) is 0.133. The van der Waals surface area contributed by atoms with Gasteiger partial charge < -0.3 is 15.5 Å². The number of hydrogen-bond donors (Lipinski definition) is 2. The molecule has 0 fully saturated rings. The van der Waals surface area contributed by atoms with Gasteiger partial charge in [-0.05, 0) is 35.9 Å². The van der Waals surface area contributed by atoms with Gasteiger partial charge in [-0.1, -0.05) is 18.2 Å². The Hall–Kier alpha value is -2.49. The summed E-state index contributed by atoms with van der Waals surface area (Å²) < 4.78 is 5.23. The van der Waals surface area contributed by atoms with Crippen LogP contribution in [-0.4, -0.2) is 17.1 Å². The minimum Gasteiger partial charge on any atom is -0.497 e. The highest BCUT2D eigenvalue weighted by Crippen LogP contribution is 2.28. The molecule has 0 aliphatic carbocycles. The first-order valence-electron chi connectivity index (χ1n) is 6.07. The highest BCUT2D eigenvalue weighted by atomic mass is 16.5. The SMILES string of the molecule is COc1ccc2cc(-c3nc(N)[nH]c3C)ccc2c1. The first kappa shape index (κ1) is 11.6. The van der Waals surface area contributed by atoms with Crippen LogP contribution in [0.25, 0.3) is 22.0 Å². The van der Waals surface area contributed by atoms with Gasteiger partial charge in [-0.2, -0.15) is 0 Å². The van der Waals surface area contributed by atoms with Crippen molar-refractivity contribution >= 4 is 16.7 Å². The summed E-state index contributed by atoms with van der Waals surface area (Å²) in [6.45, 7) is 1.97. The molecule has 0 atom stereocenters. The smallest absolute Gasteiger partial charge is 0.198 e. The van der Waals surface area contributed by atoms with Crippen molar-refractivity contribution in [1.82, 2.24) is 9.97 Å². The molecule has 1 heterocycles. The Morgan fingerprint density at radius 1 is 1.11 bits per heavy atom. The van der Waals surface area contributed by atoms with E-state index in [9.17, 15) is 0 Å². The molecule has 3 N–H and O–H groups in total. The van der Waals surface area contributed by atoms with E-state index in [0.29, 0.717) is 5.95 Å². The summed E-state index contributed by atoms with van der Waals surface area (Å²) >= 11 is 0. The van der Waals surface area contributed by atoms with E-state index in [-0.39, 0.29) is 0 Å². The number of nitrogens with zero attached hydrogens (tertiary/aromatic N) is 1. The Morgan fingerprint density at radius 3 is 2.53 bits per heavy atom. The highest BCUT2D eigenvalue weighted by Gasteiger charge is 2.08. The number of ether oxygens (including phenoxy) is 1. The molecule has 1 aromatic heterocycles. The molecule has 3 rings (SSSR count). The number of nitrogens with one attached hydrogen (secondary N) is 1. The summed E-state index contributed by atoms with van der Waals surface area (Å²) in [6, 6.07) is 12.2. The minimum atomic E-state index is 0.447. The number of aryl methyl sites for hydroxylation is 1. The van der Waals surface area contributed by atoms with E-state index in [1.54, 1.807) is 7.11 Å². The zero-order valence-corrected chi connectivity index (χ0v) is 10.9. The molecule has 0 unspecified atom stereocenters. The van der Waals surface area contributed by atoms with Gasteiger partial charge in [0.25, 0.3) is 0 Å². The van der Waals surface area contributed by atoms with Gasteiger partial charge in [0, 0.05) is 11.3 Å². The lowest BCUT2D eigenvalue weighted by Gasteiger charge is -2.05. The van der Waals surface area contributed by atoms with E-state index < -0.39 is 0 Å². The zero-order valence-electron chi connectivity index (χ0n) is 10.9. The molecule has 4 nitrogen and oxygen atoms in total. The predicted octanol–water partition coefficient (Wildman–Crippen LogP) is 3.13. The van der Waals surface area contributed by atoms with Crippen molar-refractivity contribution in [2.75, 3.05) is 12.8 Å². The maximum Gasteiger partial charge on any atom is 0.198 e. The van der Waals surface area contributed by atoms with Crippen molar-refractivity contribution in [2.24, 2.45) is 0 Å². The van der Waals surface area contributed by atoms with Crippen molar-refractivity contribution < 1.29 is 4.74 Å². The number of imidazole rings is 1. The van der Waals surface area contributed by atoms with E-state index in [1.165, 1.54) is 0 Å². The van der Waals surface area contributed by atoms with E-state index in [4.69, 9.17) is 10.5 Å². The second-order valence-electron chi connectivity index (χ2n) is 4.52. The Bertz CT molecular complexity index is 746. The van der Waals surface area contributed by atoms with Crippen molar-refractivity contribution in [2.45, 2.75) is 6.92 Å². The van der Waals surface area contributed by atoms with Gasteiger partial charge in [0.2, 0.25) is 0 Å². The van der Waals surface area contributed by atoms with E-state index in [1.807, 2.05) is 31.2 Å². The maximum absolute atomic E-state index is 5.68. The standard InChI is InChI=1S/C15H15N3O/c1-9-14(18-15(16)17-9)12-4-3-11-8-13(19-2)6-5-10(11)7-12/h3-8H,1-2H3,(H3,16,17,18). The number of hydrogen-bond acceptors (Lipinski definition) is 3. The molecule has 0 bridgehead atoms. The fourth-order valence-electron chi connectivity index (χ4n) is 2.26. The molecule has 19 heavy (non-hydrogen) atoms. The van der Waals surface area contributed by atoms with Gasteiger partial charge >= 0.3 is 0 Å². The maximum atomic E-state index is 5.68. The number of H-pyrrole nitrogens is 1. The topological polar surface area (TPSA) is 63.9 Å². The Labute approximate surface area is 111 Å². The molecule has 0 aliphatic heterocycles. The first-order valence-corrected chi connectivity index (χ1v) is 6.07. The van der Waals surface area contributed by atoms with Gasteiger partial charge in [-0.25, -0.2) is 4.98 Å². The van der Waals surface area contributed by atoms with Crippen LogP contribution in [0.2, 0.25) is 0 Å². The van der Waals surface area contributed by atoms with Gasteiger partial charge in [0.15, 0.2) is 5.95 Å². The number of nitrogens with two attached hydrogens (primary N) is 1. The number of aromatic nitrogens is 2. The predicted molar refractivity (Wildman–Crippen MR) is 77.2 cm³/mol. The lowest BCUT2D eigenvalue weighted by Crippen LogP contribution is -1.86. The van der Waals surface area contributed by atoms with Crippen LogP contribution in [0.15, 0.2) is 36.4 Å². The number of methoxy groups -OCH3 is 1. The summed E-state index contributed by atoms with van der Waals surface area (Å²) in [5, 5.41) is 2.29. The molecule has 2 aromatic carbocycles. The number of fused-ring (bicyclic) bond motifs is 1. The molecule has 0 radical (unpaired) electrons. The second kappa shape index (κ2) is 4.31. The third-order valence-corrected chi connectivity index (χ3v) is 3.22. The van der Waals surface area contributed by atoms with Crippen LogP contribution in [0.5, 0.6) is 5.75 Å². The summed E-state index contributed by atoms with van der Waals surface area (Å²) in [6.07, 6.45) is 0.